The molecule has 1 aliphatic rings. The average Bonchev–Trinajstić information content (AvgIpc) is 2.80. The Labute approximate surface area is 109 Å². The fourth-order valence-corrected chi connectivity index (χ4v) is 2.21. The van der Waals surface area contributed by atoms with Crippen molar-refractivity contribution >= 4 is 28.6 Å². The van der Waals surface area contributed by atoms with Crippen molar-refractivity contribution in [2.24, 2.45) is 0 Å². The number of fused-ring (bicyclic) bond motifs is 1. The molecule has 19 heavy (non-hydrogen) atoms. The van der Waals surface area contributed by atoms with Gasteiger partial charge in [0.25, 0.3) is 0 Å². The Morgan fingerprint density at radius 2 is 2.26 bits per heavy atom. The molecule has 2 aromatic rings. The van der Waals surface area contributed by atoms with Crippen LogP contribution in [-0.4, -0.2) is 23.6 Å². The highest BCUT2D eigenvalue weighted by Crippen LogP contribution is 2.25. The van der Waals surface area contributed by atoms with Crippen molar-refractivity contribution in [2.75, 3.05) is 11.4 Å². The number of hydrogen-bond donors (Lipinski definition) is 1. The third kappa shape index (κ3) is 1.95. The zero-order valence-corrected chi connectivity index (χ0v) is 10.5. The second-order valence-electron chi connectivity index (χ2n) is 4.42. The molecule has 1 fully saturated rings. The highest BCUT2D eigenvalue weighted by Gasteiger charge is 2.24. The number of anilines is 1. The van der Waals surface area contributed by atoms with Gasteiger partial charge in [-0.05, 0) is 18.6 Å². The zero-order chi connectivity index (χ0) is 13.4. The third-order valence-electron chi connectivity index (χ3n) is 3.23. The lowest BCUT2D eigenvalue weighted by molar-refractivity contribution is -0.120. The quantitative estimate of drug-likeness (QED) is 0.892. The van der Waals surface area contributed by atoms with Gasteiger partial charge in [0.2, 0.25) is 5.91 Å². The van der Waals surface area contributed by atoms with Crippen molar-refractivity contribution < 1.29 is 14.1 Å². The lowest BCUT2D eigenvalue weighted by Crippen LogP contribution is -2.49. The van der Waals surface area contributed by atoms with Gasteiger partial charge in [0.05, 0.1) is 5.69 Å². The van der Waals surface area contributed by atoms with E-state index in [0.29, 0.717) is 24.2 Å². The van der Waals surface area contributed by atoms with Gasteiger partial charge in [-0.3, -0.25) is 15.0 Å². The van der Waals surface area contributed by atoms with Crippen LogP contribution in [-0.2, 0) is 11.2 Å². The summed E-state index contributed by atoms with van der Waals surface area (Å²) < 4.78 is 5.25. The molecular formula is C13H13N3O3. The van der Waals surface area contributed by atoms with E-state index in [1.807, 2.05) is 19.1 Å². The number of urea groups is 1. The molecule has 1 aliphatic heterocycles. The third-order valence-corrected chi connectivity index (χ3v) is 3.23. The molecule has 0 spiro atoms. The van der Waals surface area contributed by atoms with Crippen LogP contribution in [0.1, 0.15) is 19.0 Å². The predicted octanol–water partition coefficient (Wildman–Crippen LogP) is 1.84. The maximum absolute atomic E-state index is 11.8. The van der Waals surface area contributed by atoms with Crippen molar-refractivity contribution in [2.45, 2.75) is 19.8 Å². The summed E-state index contributed by atoms with van der Waals surface area (Å²) in [6, 6.07) is 5.11. The van der Waals surface area contributed by atoms with Crippen molar-refractivity contribution in [3.8, 4) is 0 Å². The second kappa shape index (κ2) is 4.38. The van der Waals surface area contributed by atoms with Gasteiger partial charge in [0.15, 0.2) is 5.58 Å². The van der Waals surface area contributed by atoms with Crippen LogP contribution in [0.3, 0.4) is 0 Å². The first-order valence-corrected chi connectivity index (χ1v) is 6.18. The fourth-order valence-electron chi connectivity index (χ4n) is 2.21. The monoisotopic (exact) mass is 259 g/mol. The Hall–Kier alpha value is -2.37. The molecule has 1 aromatic carbocycles. The normalized spacial score (nSPS) is 15.9. The molecule has 0 atom stereocenters. The minimum Gasteiger partial charge on any atom is -0.356 e. The number of carbonyl (C=O) groups excluding carboxylic acids is 2. The number of carbonyl (C=O) groups is 2. The van der Waals surface area contributed by atoms with Crippen LogP contribution in [0, 0.1) is 0 Å². The van der Waals surface area contributed by atoms with E-state index in [-0.39, 0.29) is 5.91 Å². The van der Waals surface area contributed by atoms with Gasteiger partial charge >= 0.3 is 6.03 Å². The second-order valence-corrected chi connectivity index (χ2v) is 4.42. The molecule has 0 bridgehead atoms. The van der Waals surface area contributed by atoms with E-state index in [0.717, 1.165) is 17.5 Å². The summed E-state index contributed by atoms with van der Waals surface area (Å²) in [5, 5.41) is 7.24. The highest BCUT2D eigenvalue weighted by atomic mass is 16.5. The number of imide groups is 1. The van der Waals surface area contributed by atoms with E-state index in [1.165, 1.54) is 4.90 Å². The first-order chi connectivity index (χ1) is 9.19. The first kappa shape index (κ1) is 11.7. The summed E-state index contributed by atoms with van der Waals surface area (Å²) in [6.07, 6.45) is 1.10. The molecule has 3 rings (SSSR count). The van der Waals surface area contributed by atoms with E-state index < -0.39 is 6.03 Å². The minimum absolute atomic E-state index is 0.240. The maximum atomic E-state index is 11.8. The number of amides is 3. The Morgan fingerprint density at radius 1 is 1.42 bits per heavy atom. The molecule has 0 aliphatic carbocycles. The van der Waals surface area contributed by atoms with E-state index in [4.69, 9.17) is 4.52 Å². The number of benzene rings is 1. The molecule has 1 saturated heterocycles. The lowest BCUT2D eigenvalue weighted by Gasteiger charge is -2.26. The Balaban J connectivity index is 1.97. The van der Waals surface area contributed by atoms with Gasteiger partial charge < -0.3 is 4.52 Å². The minimum atomic E-state index is -0.397. The average molecular weight is 259 g/mol. The highest BCUT2D eigenvalue weighted by molar-refractivity contribution is 6.06. The number of hydrogen-bond acceptors (Lipinski definition) is 4. The Kier molecular flexibility index (Phi) is 2.70. The maximum Gasteiger partial charge on any atom is 0.328 e. The molecule has 1 N–H and O–H groups in total. The summed E-state index contributed by atoms with van der Waals surface area (Å²) in [6.45, 7) is 2.39. The molecule has 6 nitrogen and oxygen atoms in total. The van der Waals surface area contributed by atoms with Gasteiger partial charge in [0.1, 0.15) is 0 Å². The van der Waals surface area contributed by atoms with Crippen molar-refractivity contribution in [1.29, 1.82) is 0 Å². The SMILES string of the molecule is CCc1noc2cc(N3CCC(=O)NC3=O)ccc12. The Morgan fingerprint density at radius 3 is 3.00 bits per heavy atom. The van der Waals surface area contributed by atoms with Crippen LogP contribution >= 0.6 is 0 Å². The molecular weight excluding hydrogens is 246 g/mol. The molecule has 1 aromatic heterocycles. The number of aryl methyl sites for hydroxylation is 1. The molecule has 6 heteroatoms. The lowest BCUT2D eigenvalue weighted by atomic mass is 10.1. The zero-order valence-electron chi connectivity index (χ0n) is 10.5. The molecule has 0 radical (unpaired) electrons. The van der Waals surface area contributed by atoms with Crippen LogP contribution in [0.4, 0.5) is 10.5 Å². The first-order valence-electron chi connectivity index (χ1n) is 6.18. The van der Waals surface area contributed by atoms with Gasteiger partial charge in [-0.15, -0.1) is 0 Å². The van der Waals surface area contributed by atoms with Crippen molar-refractivity contribution in [3.63, 3.8) is 0 Å². The van der Waals surface area contributed by atoms with E-state index in [2.05, 4.69) is 10.5 Å². The van der Waals surface area contributed by atoms with Gasteiger partial charge in [-0.1, -0.05) is 12.1 Å². The standard InChI is InChI=1S/C13H13N3O3/c1-2-10-9-4-3-8(7-11(9)19-15-10)16-6-5-12(17)14-13(16)18/h3-4,7H,2,5-6H2,1H3,(H,14,17,18). The number of nitrogens with zero attached hydrogens (tertiary/aromatic N) is 2. The molecule has 3 amide bonds. The van der Waals surface area contributed by atoms with Crippen LogP contribution in [0.5, 0.6) is 0 Å². The predicted molar refractivity (Wildman–Crippen MR) is 68.9 cm³/mol. The van der Waals surface area contributed by atoms with Crippen molar-refractivity contribution in [3.05, 3.63) is 23.9 Å². The van der Waals surface area contributed by atoms with Crippen molar-refractivity contribution in [1.82, 2.24) is 10.5 Å². The van der Waals surface area contributed by atoms with Gasteiger partial charge in [-0.2, -0.15) is 0 Å². The topological polar surface area (TPSA) is 75.4 Å². The van der Waals surface area contributed by atoms with Crippen LogP contribution in [0.2, 0.25) is 0 Å². The summed E-state index contributed by atoms with van der Waals surface area (Å²) >= 11 is 0. The largest absolute Gasteiger partial charge is 0.356 e. The smallest absolute Gasteiger partial charge is 0.328 e. The van der Waals surface area contributed by atoms with E-state index >= 15 is 0 Å². The summed E-state index contributed by atoms with van der Waals surface area (Å²) in [7, 11) is 0. The van der Waals surface area contributed by atoms with Crippen LogP contribution < -0.4 is 10.2 Å². The number of nitrogens with one attached hydrogen (secondary N) is 1. The fraction of sp³-hybridized carbons (Fsp3) is 0.308. The van der Waals surface area contributed by atoms with Crippen LogP contribution in [0.15, 0.2) is 22.7 Å². The van der Waals surface area contributed by atoms with E-state index in [1.54, 1.807) is 6.07 Å². The number of rotatable bonds is 2. The van der Waals surface area contributed by atoms with Crippen LogP contribution in [0.25, 0.3) is 11.0 Å². The molecule has 2 heterocycles. The Bertz CT molecular complexity index is 662. The number of aromatic nitrogens is 1. The summed E-state index contributed by atoms with van der Waals surface area (Å²) in [5.74, 6) is -0.240. The summed E-state index contributed by atoms with van der Waals surface area (Å²) in [5.41, 5.74) is 2.26. The van der Waals surface area contributed by atoms with E-state index in [9.17, 15) is 9.59 Å². The summed E-state index contributed by atoms with van der Waals surface area (Å²) in [4.78, 5) is 24.4. The molecule has 0 unspecified atom stereocenters. The van der Waals surface area contributed by atoms with Gasteiger partial charge in [0, 0.05) is 30.1 Å². The van der Waals surface area contributed by atoms with Gasteiger partial charge in [-0.25, -0.2) is 4.79 Å². The molecule has 98 valence electrons. The molecule has 0 saturated carbocycles.